The number of nitrogens with one attached hydrogen (secondary N) is 1. The number of hydrogen-bond acceptors (Lipinski definition) is 3. The highest BCUT2D eigenvalue weighted by Crippen LogP contribution is 2.22. The Balaban J connectivity index is 2.51. The lowest BCUT2D eigenvalue weighted by Gasteiger charge is -2.32. The smallest absolute Gasteiger partial charge is 0.279 e. The first kappa shape index (κ1) is 17.9. The fraction of sp³-hybridized carbons (Fsp3) is 1.00. The molecule has 1 saturated carbocycles. The molecule has 1 aliphatic rings. The van der Waals surface area contributed by atoms with E-state index in [0.29, 0.717) is 6.54 Å². The van der Waals surface area contributed by atoms with Crippen molar-refractivity contribution in [3.05, 3.63) is 0 Å². The number of likely N-dealkylation sites (N-methyl/N-ethyl adjacent to an activating group) is 1. The quantitative estimate of drug-likeness (QED) is 0.744. The summed E-state index contributed by atoms with van der Waals surface area (Å²) in [5.41, 5.74) is 0. The number of rotatable bonds is 8. The monoisotopic (exact) mass is 305 g/mol. The summed E-state index contributed by atoms with van der Waals surface area (Å²) in [4.78, 5) is 2.25. The normalized spacial score (nSPS) is 19.7. The highest BCUT2D eigenvalue weighted by atomic mass is 32.2. The maximum absolute atomic E-state index is 12.3. The number of hydrogen-bond donors (Lipinski definition) is 1. The van der Waals surface area contributed by atoms with E-state index in [4.69, 9.17) is 0 Å². The third-order valence-electron chi connectivity index (χ3n) is 4.46. The predicted octanol–water partition coefficient (Wildman–Crippen LogP) is 1.82. The lowest BCUT2D eigenvalue weighted by Crippen LogP contribution is -2.49. The zero-order valence-corrected chi connectivity index (χ0v) is 14.2. The summed E-state index contributed by atoms with van der Waals surface area (Å²) in [7, 11) is -1.64. The molecule has 0 saturated heterocycles. The first-order valence-electron chi connectivity index (χ1n) is 7.89. The maximum Gasteiger partial charge on any atom is 0.279 e. The molecule has 6 heteroatoms. The van der Waals surface area contributed by atoms with Gasteiger partial charge < -0.3 is 0 Å². The van der Waals surface area contributed by atoms with Gasteiger partial charge in [-0.25, -0.2) is 4.72 Å². The van der Waals surface area contributed by atoms with Crippen molar-refractivity contribution < 1.29 is 8.42 Å². The van der Waals surface area contributed by atoms with Crippen molar-refractivity contribution in [2.24, 2.45) is 0 Å². The zero-order chi connectivity index (χ0) is 15.2. The molecule has 120 valence electrons. The van der Waals surface area contributed by atoms with Crippen LogP contribution in [0.3, 0.4) is 0 Å². The molecule has 1 atom stereocenters. The third-order valence-corrected chi connectivity index (χ3v) is 6.05. The summed E-state index contributed by atoms with van der Waals surface area (Å²) in [5, 5.41) is 0. The molecule has 0 heterocycles. The molecule has 1 fully saturated rings. The van der Waals surface area contributed by atoms with Gasteiger partial charge in [-0.1, -0.05) is 33.1 Å². The molecule has 1 aliphatic carbocycles. The minimum Gasteiger partial charge on any atom is -0.300 e. The molecule has 0 unspecified atom stereocenters. The highest BCUT2D eigenvalue weighted by molar-refractivity contribution is 7.87. The predicted molar refractivity (Wildman–Crippen MR) is 83.9 cm³/mol. The van der Waals surface area contributed by atoms with Crippen molar-refractivity contribution in [3.63, 3.8) is 0 Å². The highest BCUT2D eigenvalue weighted by Gasteiger charge is 2.27. The van der Waals surface area contributed by atoms with E-state index in [-0.39, 0.29) is 12.1 Å². The first-order chi connectivity index (χ1) is 9.42. The SMILES string of the molecule is CCN(CC)[C@H](C)CNS(=O)(=O)N(C)C1CCCCC1. The molecule has 0 spiro atoms. The molecule has 0 aromatic rings. The van der Waals surface area contributed by atoms with E-state index in [0.717, 1.165) is 38.8 Å². The van der Waals surface area contributed by atoms with Gasteiger partial charge in [-0.05, 0) is 32.9 Å². The Morgan fingerprint density at radius 1 is 1.15 bits per heavy atom. The third kappa shape index (κ3) is 4.98. The van der Waals surface area contributed by atoms with Gasteiger partial charge in [-0.15, -0.1) is 0 Å². The fourth-order valence-corrected chi connectivity index (χ4v) is 4.20. The van der Waals surface area contributed by atoms with Crippen molar-refractivity contribution in [1.29, 1.82) is 0 Å². The summed E-state index contributed by atoms with van der Waals surface area (Å²) >= 11 is 0. The van der Waals surface area contributed by atoms with Crippen LogP contribution >= 0.6 is 0 Å². The van der Waals surface area contributed by atoms with Gasteiger partial charge in [0.15, 0.2) is 0 Å². The Kier molecular flexibility index (Phi) is 7.43. The second-order valence-corrected chi connectivity index (χ2v) is 7.55. The lowest BCUT2D eigenvalue weighted by molar-refractivity contribution is 0.229. The second-order valence-electron chi connectivity index (χ2n) is 5.73. The van der Waals surface area contributed by atoms with Gasteiger partial charge in [0.05, 0.1) is 0 Å². The van der Waals surface area contributed by atoms with E-state index >= 15 is 0 Å². The topological polar surface area (TPSA) is 52.7 Å². The van der Waals surface area contributed by atoms with Gasteiger partial charge in [0.25, 0.3) is 10.2 Å². The van der Waals surface area contributed by atoms with Crippen LogP contribution in [-0.4, -0.2) is 56.4 Å². The van der Waals surface area contributed by atoms with Crippen molar-refractivity contribution in [3.8, 4) is 0 Å². The Bertz CT molecular complexity index is 363. The minimum absolute atomic E-state index is 0.171. The minimum atomic E-state index is -3.35. The maximum atomic E-state index is 12.3. The molecule has 20 heavy (non-hydrogen) atoms. The van der Waals surface area contributed by atoms with Crippen LogP contribution in [0.15, 0.2) is 0 Å². The Morgan fingerprint density at radius 3 is 2.20 bits per heavy atom. The Morgan fingerprint density at radius 2 is 1.70 bits per heavy atom. The average Bonchev–Trinajstić information content (AvgIpc) is 2.46. The molecule has 1 N–H and O–H groups in total. The van der Waals surface area contributed by atoms with Crippen molar-refractivity contribution in [2.75, 3.05) is 26.7 Å². The summed E-state index contributed by atoms with van der Waals surface area (Å²) in [6, 6.07) is 0.393. The van der Waals surface area contributed by atoms with Crippen LogP contribution in [0.1, 0.15) is 52.9 Å². The molecule has 0 bridgehead atoms. The van der Waals surface area contributed by atoms with Crippen molar-refractivity contribution in [1.82, 2.24) is 13.9 Å². The van der Waals surface area contributed by atoms with Crippen LogP contribution in [0.25, 0.3) is 0 Å². The van der Waals surface area contributed by atoms with E-state index in [1.807, 2.05) is 0 Å². The van der Waals surface area contributed by atoms with Gasteiger partial charge in [0, 0.05) is 25.7 Å². The van der Waals surface area contributed by atoms with Gasteiger partial charge in [0.1, 0.15) is 0 Å². The van der Waals surface area contributed by atoms with E-state index in [9.17, 15) is 8.42 Å². The van der Waals surface area contributed by atoms with Crippen LogP contribution in [0.5, 0.6) is 0 Å². The van der Waals surface area contributed by atoms with Crippen LogP contribution in [0.2, 0.25) is 0 Å². The average molecular weight is 305 g/mol. The lowest BCUT2D eigenvalue weighted by atomic mass is 9.96. The molecular weight excluding hydrogens is 274 g/mol. The molecule has 1 rings (SSSR count). The Labute approximate surface area is 124 Å². The van der Waals surface area contributed by atoms with E-state index in [1.54, 1.807) is 11.4 Å². The summed E-state index contributed by atoms with van der Waals surface area (Å²) in [6.45, 7) is 8.62. The largest absolute Gasteiger partial charge is 0.300 e. The van der Waals surface area contributed by atoms with Crippen molar-refractivity contribution >= 4 is 10.2 Å². The van der Waals surface area contributed by atoms with Crippen LogP contribution in [0, 0.1) is 0 Å². The van der Waals surface area contributed by atoms with E-state index in [2.05, 4.69) is 30.4 Å². The van der Waals surface area contributed by atoms with E-state index < -0.39 is 10.2 Å². The van der Waals surface area contributed by atoms with E-state index in [1.165, 1.54) is 6.42 Å². The summed E-state index contributed by atoms with van der Waals surface area (Å²) in [5.74, 6) is 0. The molecule has 0 aliphatic heterocycles. The van der Waals surface area contributed by atoms with Gasteiger partial charge in [0.2, 0.25) is 0 Å². The van der Waals surface area contributed by atoms with Gasteiger partial charge in [-0.2, -0.15) is 12.7 Å². The second kappa shape index (κ2) is 8.32. The van der Waals surface area contributed by atoms with Gasteiger partial charge in [-0.3, -0.25) is 4.90 Å². The van der Waals surface area contributed by atoms with Gasteiger partial charge >= 0.3 is 0 Å². The van der Waals surface area contributed by atoms with Crippen LogP contribution in [0.4, 0.5) is 0 Å². The fourth-order valence-electron chi connectivity index (χ4n) is 2.94. The van der Waals surface area contributed by atoms with Crippen LogP contribution < -0.4 is 4.72 Å². The van der Waals surface area contributed by atoms with Crippen molar-refractivity contribution in [2.45, 2.75) is 65.0 Å². The molecule has 0 amide bonds. The summed E-state index contributed by atoms with van der Waals surface area (Å²) < 4.78 is 29.0. The molecule has 5 nitrogen and oxygen atoms in total. The molecule has 0 radical (unpaired) electrons. The molecule has 0 aromatic carbocycles. The first-order valence-corrected chi connectivity index (χ1v) is 9.33. The van der Waals surface area contributed by atoms with Crippen LogP contribution in [-0.2, 0) is 10.2 Å². The molecule has 0 aromatic heterocycles. The standard InChI is InChI=1S/C14H31N3O2S/c1-5-17(6-2)13(3)12-15-20(18,19)16(4)14-10-8-7-9-11-14/h13-15H,5-12H2,1-4H3/t13-/m1/s1. The molecular formula is C14H31N3O2S. The number of nitrogens with zero attached hydrogens (tertiary/aromatic N) is 2. The Hall–Kier alpha value is -0.170. The summed E-state index contributed by atoms with van der Waals surface area (Å²) in [6.07, 6.45) is 5.49. The zero-order valence-electron chi connectivity index (χ0n) is 13.4.